The normalized spacial score (nSPS) is 18.1. The Morgan fingerprint density at radius 1 is 1.50 bits per heavy atom. The molecule has 0 fully saturated rings. The van der Waals surface area contributed by atoms with Crippen molar-refractivity contribution >= 4 is 17.5 Å². The summed E-state index contributed by atoms with van der Waals surface area (Å²) in [5.74, 6) is -1.06. The topological polar surface area (TPSA) is 79.8 Å². The Morgan fingerprint density at radius 3 is 2.95 bits per heavy atom. The van der Waals surface area contributed by atoms with Crippen molar-refractivity contribution in [3.05, 3.63) is 35.6 Å². The summed E-state index contributed by atoms with van der Waals surface area (Å²) >= 11 is 0. The molecule has 0 saturated carbocycles. The third-order valence-electron chi connectivity index (χ3n) is 3.22. The smallest absolute Gasteiger partial charge is 0.264 e. The molecule has 2 amide bonds. The van der Waals surface area contributed by atoms with Crippen molar-refractivity contribution in [1.29, 1.82) is 0 Å². The number of benzene rings is 1. The van der Waals surface area contributed by atoms with Crippen LogP contribution in [0.4, 0.5) is 4.39 Å². The Kier molecular flexibility index (Phi) is 5.08. The lowest BCUT2D eigenvalue weighted by Crippen LogP contribution is -2.48. The summed E-state index contributed by atoms with van der Waals surface area (Å²) in [6.07, 6.45) is -0.577. The van der Waals surface area contributed by atoms with Gasteiger partial charge >= 0.3 is 0 Å². The molecule has 0 radical (unpaired) electrons. The molecule has 0 aromatic heterocycles. The summed E-state index contributed by atoms with van der Waals surface area (Å²) in [7, 11) is 0. The first kappa shape index (κ1) is 15.9. The van der Waals surface area contributed by atoms with E-state index in [-0.39, 0.29) is 18.1 Å². The zero-order valence-corrected chi connectivity index (χ0v) is 12.4. The Hall–Kier alpha value is -2.44. The van der Waals surface area contributed by atoms with Gasteiger partial charge in [0.15, 0.2) is 0 Å². The van der Waals surface area contributed by atoms with E-state index in [4.69, 9.17) is 4.84 Å². The van der Waals surface area contributed by atoms with E-state index in [1.807, 2.05) is 0 Å². The molecule has 1 aliphatic rings. The highest BCUT2D eigenvalue weighted by molar-refractivity contribution is 6.04. The van der Waals surface area contributed by atoms with Crippen LogP contribution in [-0.4, -0.2) is 36.2 Å². The van der Waals surface area contributed by atoms with Crippen LogP contribution in [0.15, 0.2) is 29.4 Å². The number of amides is 2. The second-order valence-electron chi connectivity index (χ2n) is 4.97. The second-order valence-corrected chi connectivity index (χ2v) is 4.97. The minimum Gasteiger partial charge on any atom is -0.382 e. The van der Waals surface area contributed by atoms with Crippen LogP contribution >= 0.6 is 0 Å². The van der Waals surface area contributed by atoms with E-state index in [0.29, 0.717) is 17.8 Å². The number of halogens is 1. The minimum absolute atomic E-state index is 0.234. The van der Waals surface area contributed by atoms with Crippen molar-refractivity contribution in [3.63, 3.8) is 0 Å². The molecule has 1 heterocycles. The second kappa shape index (κ2) is 7.02. The van der Waals surface area contributed by atoms with E-state index in [0.717, 1.165) is 0 Å². The predicted molar refractivity (Wildman–Crippen MR) is 78.7 cm³/mol. The van der Waals surface area contributed by atoms with E-state index >= 15 is 0 Å². The molecule has 0 aliphatic carbocycles. The summed E-state index contributed by atoms with van der Waals surface area (Å²) in [6.45, 7) is 3.88. The molecule has 7 heteroatoms. The Bertz CT molecular complexity index is 603. The summed E-state index contributed by atoms with van der Waals surface area (Å²) in [6, 6.07) is 5.27. The molecule has 1 aromatic rings. The van der Waals surface area contributed by atoms with Gasteiger partial charge in [0.1, 0.15) is 11.9 Å². The van der Waals surface area contributed by atoms with Gasteiger partial charge in [0, 0.05) is 18.5 Å². The largest absolute Gasteiger partial charge is 0.382 e. The minimum atomic E-state index is -0.810. The first-order valence-corrected chi connectivity index (χ1v) is 7.08. The number of nitrogens with zero attached hydrogens (tertiary/aromatic N) is 1. The van der Waals surface area contributed by atoms with E-state index < -0.39 is 18.1 Å². The fourth-order valence-corrected chi connectivity index (χ4v) is 2.06. The van der Waals surface area contributed by atoms with Crippen LogP contribution < -0.4 is 10.6 Å². The maximum atomic E-state index is 13.2. The van der Waals surface area contributed by atoms with Crippen LogP contribution in [0, 0.1) is 5.82 Å². The van der Waals surface area contributed by atoms with E-state index in [1.165, 1.54) is 12.1 Å². The molecule has 1 aromatic carbocycles. The Labute approximate surface area is 127 Å². The number of hydrogen-bond acceptors (Lipinski definition) is 4. The standard InChI is InChI=1S/C15H18FN3O3/c1-3-17-14(20)9(2)18-15(21)13-8-12(19-22-13)10-5-4-6-11(16)7-10/h4-7,9,13H,3,8H2,1-2H3,(H,17,20)(H,18,21). The number of oxime groups is 1. The maximum absolute atomic E-state index is 13.2. The lowest BCUT2D eigenvalue weighted by Gasteiger charge is -2.15. The zero-order chi connectivity index (χ0) is 16.1. The summed E-state index contributed by atoms with van der Waals surface area (Å²) in [5.41, 5.74) is 1.08. The number of carbonyl (C=O) groups is 2. The first-order valence-electron chi connectivity index (χ1n) is 7.08. The summed E-state index contributed by atoms with van der Waals surface area (Å²) < 4.78 is 13.2. The van der Waals surface area contributed by atoms with Gasteiger partial charge in [-0.25, -0.2) is 4.39 Å². The molecule has 22 heavy (non-hydrogen) atoms. The number of rotatable bonds is 5. The predicted octanol–water partition coefficient (Wildman–Crippen LogP) is 0.959. The quantitative estimate of drug-likeness (QED) is 0.850. The van der Waals surface area contributed by atoms with Crippen molar-refractivity contribution in [3.8, 4) is 0 Å². The molecule has 2 N–H and O–H groups in total. The van der Waals surface area contributed by atoms with Gasteiger partial charge < -0.3 is 15.5 Å². The van der Waals surface area contributed by atoms with Crippen LogP contribution in [-0.2, 0) is 14.4 Å². The summed E-state index contributed by atoms with van der Waals surface area (Å²) in [4.78, 5) is 28.7. The number of carbonyl (C=O) groups excluding carboxylic acids is 2. The van der Waals surface area contributed by atoms with E-state index in [9.17, 15) is 14.0 Å². The third kappa shape index (κ3) is 3.81. The third-order valence-corrected chi connectivity index (χ3v) is 3.22. The van der Waals surface area contributed by atoms with Crippen molar-refractivity contribution in [2.45, 2.75) is 32.4 Å². The van der Waals surface area contributed by atoms with Crippen molar-refractivity contribution in [1.82, 2.24) is 10.6 Å². The lowest BCUT2D eigenvalue weighted by molar-refractivity contribution is -0.135. The molecule has 0 saturated heterocycles. The average Bonchev–Trinajstić information content (AvgIpc) is 2.97. The molecule has 6 nitrogen and oxygen atoms in total. The van der Waals surface area contributed by atoms with Gasteiger partial charge in [0.2, 0.25) is 12.0 Å². The highest BCUT2D eigenvalue weighted by atomic mass is 19.1. The molecule has 2 atom stereocenters. The zero-order valence-electron chi connectivity index (χ0n) is 12.4. The van der Waals surface area contributed by atoms with Crippen molar-refractivity contribution in [2.75, 3.05) is 6.54 Å². The summed E-state index contributed by atoms with van der Waals surface area (Å²) in [5, 5.41) is 9.01. The molecular weight excluding hydrogens is 289 g/mol. The SMILES string of the molecule is CCNC(=O)C(C)NC(=O)C1CC(c2cccc(F)c2)=NO1. The molecule has 2 rings (SSSR count). The fraction of sp³-hybridized carbons (Fsp3) is 0.400. The lowest BCUT2D eigenvalue weighted by atomic mass is 10.0. The van der Waals surface area contributed by atoms with Crippen LogP contribution in [0.5, 0.6) is 0 Å². The highest BCUT2D eigenvalue weighted by Gasteiger charge is 2.30. The Balaban J connectivity index is 1.91. The van der Waals surface area contributed by atoms with Gasteiger partial charge in [-0.2, -0.15) is 0 Å². The van der Waals surface area contributed by atoms with Gasteiger partial charge in [-0.15, -0.1) is 0 Å². The first-order chi connectivity index (χ1) is 10.5. The van der Waals surface area contributed by atoms with E-state index in [1.54, 1.807) is 26.0 Å². The fourth-order valence-electron chi connectivity index (χ4n) is 2.06. The maximum Gasteiger partial charge on any atom is 0.264 e. The number of likely N-dealkylation sites (N-methyl/N-ethyl adjacent to an activating group) is 1. The molecule has 0 bridgehead atoms. The van der Waals surface area contributed by atoms with Gasteiger partial charge in [0.25, 0.3) is 5.91 Å². The van der Waals surface area contributed by atoms with Crippen LogP contribution in [0.25, 0.3) is 0 Å². The van der Waals surface area contributed by atoms with Crippen molar-refractivity contribution < 1.29 is 18.8 Å². The van der Waals surface area contributed by atoms with Gasteiger partial charge in [-0.1, -0.05) is 17.3 Å². The number of nitrogens with one attached hydrogen (secondary N) is 2. The monoisotopic (exact) mass is 307 g/mol. The highest BCUT2D eigenvalue weighted by Crippen LogP contribution is 2.17. The van der Waals surface area contributed by atoms with Crippen molar-refractivity contribution in [2.24, 2.45) is 5.16 Å². The van der Waals surface area contributed by atoms with Gasteiger partial charge in [0.05, 0.1) is 5.71 Å². The average molecular weight is 307 g/mol. The molecule has 1 aliphatic heterocycles. The van der Waals surface area contributed by atoms with Crippen LogP contribution in [0.1, 0.15) is 25.8 Å². The van der Waals surface area contributed by atoms with Crippen LogP contribution in [0.3, 0.4) is 0 Å². The van der Waals surface area contributed by atoms with E-state index in [2.05, 4.69) is 15.8 Å². The molecule has 2 unspecified atom stereocenters. The van der Waals surface area contributed by atoms with Gasteiger partial charge in [-0.05, 0) is 26.0 Å². The number of hydrogen-bond donors (Lipinski definition) is 2. The van der Waals surface area contributed by atoms with Crippen LogP contribution in [0.2, 0.25) is 0 Å². The van der Waals surface area contributed by atoms with Gasteiger partial charge in [-0.3, -0.25) is 9.59 Å². The molecule has 0 spiro atoms. The molecular formula is C15H18FN3O3. The molecule has 118 valence electrons. The Morgan fingerprint density at radius 2 is 2.27 bits per heavy atom.